The van der Waals surface area contributed by atoms with Crippen molar-refractivity contribution >= 4 is 6.09 Å². The van der Waals surface area contributed by atoms with Crippen LogP contribution in [0.5, 0.6) is 0 Å². The Hall–Kier alpha value is -1.25. The zero-order valence-corrected chi connectivity index (χ0v) is 12.2. The highest BCUT2D eigenvalue weighted by molar-refractivity contribution is 5.69. The number of carbonyl (C=O) groups excluding carboxylic acids is 1. The number of rotatable bonds is 1. The highest BCUT2D eigenvalue weighted by atomic mass is 16.6. The molecule has 0 N–H and O–H groups in total. The van der Waals surface area contributed by atoms with Gasteiger partial charge in [0.15, 0.2) is 0 Å². The Balaban J connectivity index is 2.09. The van der Waals surface area contributed by atoms with Crippen molar-refractivity contribution in [2.24, 2.45) is 0 Å². The average molecular weight is 262 g/mol. The highest BCUT2D eigenvalue weighted by Crippen LogP contribution is 2.27. The molecule has 0 aromatic rings. The Labute approximate surface area is 116 Å². The van der Waals surface area contributed by atoms with Crippen LogP contribution in [0.25, 0.3) is 0 Å². The van der Waals surface area contributed by atoms with Gasteiger partial charge < -0.3 is 9.64 Å². The molecule has 1 aliphatic carbocycles. The van der Waals surface area contributed by atoms with Crippen LogP contribution in [-0.4, -0.2) is 29.2 Å². The second-order valence-corrected chi connectivity index (χ2v) is 6.22. The van der Waals surface area contributed by atoms with E-state index in [9.17, 15) is 4.79 Å². The first-order valence-electron chi connectivity index (χ1n) is 7.17. The summed E-state index contributed by atoms with van der Waals surface area (Å²) < 4.78 is 5.53. The van der Waals surface area contributed by atoms with Crippen LogP contribution in [0.2, 0.25) is 0 Å². The smallest absolute Gasteiger partial charge is 0.410 e. The largest absolute Gasteiger partial charge is 0.444 e. The van der Waals surface area contributed by atoms with E-state index in [1.165, 1.54) is 12.0 Å². The van der Waals surface area contributed by atoms with Crippen molar-refractivity contribution in [3.63, 3.8) is 0 Å². The van der Waals surface area contributed by atoms with Crippen LogP contribution < -0.4 is 0 Å². The van der Waals surface area contributed by atoms with Gasteiger partial charge >= 0.3 is 6.09 Å². The number of carbonyl (C=O) groups is 1. The van der Waals surface area contributed by atoms with Gasteiger partial charge in [-0.3, -0.25) is 0 Å². The molecule has 3 nitrogen and oxygen atoms in total. The van der Waals surface area contributed by atoms with Crippen LogP contribution in [0.4, 0.5) is 4.79 Å². The van der Waals surface area contributed by atoms with Gasteiger partial charge in [0.2, 0.25) is 0 Å². The molecule has 1 heterocycles. The van der Waals surface area contributed by atoms with E-state index in [4.69, 9.17) is 4.74 Å². The van der Waals surface area contributed by atoms with Crippen LogP contribution in [-0.2, 0) is 4.74 Å². The summed E-state index contributed by atoms with van der Waals surface area (Å²) in [5.41, 5.74) is 0.831. The SMILES string of the molecule is CC(C)(C)OC(=O)N1CCCCC1C1=CC[CH]C=C1. The van der Waals surface area contributed by atoms with Crippen molar-refractivity contribution in [2.45, 2.75) is 58.1 Å². The Morgan fingerprint density at radius 2 is 2.16 bits per heavy atom. The van der Waals surface area contributed by atoms with E-state index in [0.29, 0.717) is 0 Å². The monoisotopic (exact) mass is 262 g/mol. The van der Waals surface area contributed by atoms with Gasteiger partial charge in [-0.05, 0) is 58.4 Å². The Kier molecular flexibility index (Phi) is 4.33. The summed E-state index contributed by atoms with van der Waals surface area (Å²) in [6, 6.07) is 0.188. The van der Waals surface area contributed by atoms with Crippen molar-refractivity contribution in [3.05, 3.63) is 30.2 Å². The van der Waals surface area contributed by atoms with E-state index in [1.54, 1.807) is 0 Å². The van der Waals surface area contributed by atoms with Gasteiger partial charge in [0.05, 0.1) is 6.04 Å². The van der Waals surface area contributed by atoms with Crippen molar-refractivity contribution < 1.29 is 9.53 Å². The lowest BCUT2D eigenvalue weighted by Crippen LogP contribution is -2.46. The highest BCUT2D eigenvalue weighted by Gasteiger charge is 2.31. The molecule has 1 saturated heterocycles. The zero-order chi connectivity index (χ0) is 13.9. The molecule has 2 aliphatic rings. The number of amides is 1. The molecular formula is C16H24NO2. The van der Waals surface area contributed by atoms with Crippen LogP contribution >= 0.6 is 0 Å². The number of hydrogen-bond acceptors (Lipinski definition) is 2. The molecule has 1 unspecified atom stereocenters. The maximum Gasteiger partial charge on any atom is 0.410 e. The molecular weight excluding hydrogens is 238 g/mol. The van der Waals surface area contributed by atoms with E-state index in [0.717, 1.165) is 25.8 Å². The normalized spacial score (nSPS) is 24.1. The van der Waals surface area contributed by atoms with E-state index in [-0.39, 0.29) is 12.1 Å². The lowest BCUT2D eigenvalue weighted by atomic mass is 9.92. The molecule has 1 aliphatic heterocycles. The minimum atomic E-state index is -0.427. The first kappa shape index (κ1) is 14.2. The molecule has 19 heavy (non-hydrogen) atoms. The number of likely N-dealkylation sites (tertiary alicyclic amines) is 1. The minimum absolute atomic E-state index is 0.180. The summed E-state index contributed by atoms with van der Waals surface area (Å²) in [6.07, 6.45) is 12.6. The molecule has 0 spiro atoms. The minimum Gasteiger partial charge on any atom is -0.444 e. The number of hydrogen-bond donors (Lipinski definition) is 0. The maximum absolute atomic E-state index is 12.3. The Bertz CT molecular complexity index is 390. The molecule has 0 saturated carbocycles. The summed E-state index contributed by atoms with van der Waals surface area (Å²) in [4.78, 5) is 14.2. The molecule has 2 rings (SSSR count). The fraction of sp³-hybridized carbons (Fsp3) is 0.625. The van der Waals surface area contributed by atoms with E-state index < -0.39 is 5.60 Å². The summed E-state index contributed by atoms with van der Waals surface area (Å²) in [6.45, 7) is 6.55. The van der Waals surface area contributed by atoms with E-state index in [1.807, 2.05) is 25.7 Å². The first-order chi connectivity index (χ1) is 8.97. The third kappa shape index (κ3) is 3.85. The standard InChI is InChI=1S/C16H24NO2/c1-16(2,3)19-15(18)17-12-8-7-11-14(17)13-9-5-4-6-10-13/h4-5,9-10,14H,6-8,11-12H2,1-3H3. The second kappa shape index (κ2) is 5.81. The molecule has 1 amide bonds. The fourth-order valence-corrected chi connectivity index (χ4v) is 2.59. The van der Waals surface area contributed by atoms with Crippen LogP contribution in [0.15, 0.2) is 23.8 Å². The third-order valence-electron chi connectivity index (χ3n) is 3.43. The lowest BCUT2D eigenvalue weighted by Gasteiger charge is -2.37. The van der Waals surface area contributed by atoms with Crippen molar-refractivity contribution in [2.75, 3.05) is 6.54 Å². The van der Waals surface area contributed by atoms with Crippen molar-refractivity contribution in [3.8, 4) is 0 Å². The van der Waals surface area contributed by atoms with Gasteiger partial charge in [0, 0.05) is 6.54 Å². The maximum atomic E-state index is 12.3. The zero-order valence-electron chi connectivity index (χ0n) is 12.2. The molecule has 1 atom stereocenters. The average Bonchev–Trinajstić information content (AvgIpc) is 2.38. The van der Waals surface area contributed by atoms with Gasteiger partial charge in [0.1, 0.15) is 5.60 Å². The number of piperidine rings is 1. The molecule has 0 aromatic carbocycles. The predicted octanol–water partition coefficient (Wildman–Crippen LogP) is 3.87. The molecule has 1 fully saturated rings. The fourth-order valence-electron chi connectivity index (χ4n) is 2.59. The van der Waals surface area contributed by atoms with Crippen LogP contribution in [0.1, 0.15) is 46.5 Å². The van der Waals surface area contributed by atoms with E-state index in [2.05, 4.69) is 24.6 Å². The Morgan fingerprint density at radius 3 is 2.79 bits per heavy atom. The molecule has 0 bridgehead atoms. The third-order valence-corrected chi connectivity index (χ3v) is 3.43. The van der Waals surface area contributed by atoms with Gasteiger partial charge in [-0.2, -0.15) is 0 Å². The van der Waals surface area contributed by atoms with Gasteiger partial charge in [0.25, 0.3) is 0 Å². The molecule has 0 aromatic heterocycles. The summed E-state index contributed by atoms with van der Waals surface area (Å²) >= 11 is 0. The quantitative estimate of drug-likeness (QED) is 0.718. The topological polar surface area (TPSA) is 29.5 Å². The first-order valence-corrected chi connectivity index (χ1v) is 7.17. The van der Waals surface area contributed by atoms with Crippen LogP contribution in [0, 0.1) is 6.42 Å². The van der Waals surface area contributed by atoms with Gasteiger partial charge in [-0.25, -0.2) is 4.79 Å². The number of allylic oxidation sites excluding steroid dienone is 2. The molecule has 105 valence electrons. The number of nitrogens with zero attached hydrogens (tertiary/aromatic N) is 1. The van der Waals surface area contributed by atoms with Gasteiger partial charge in [-0.15, -0.1) is 0 Å². The second-order valence-electron chi connectivity index (χ2n) is 6.22. The summed E-state index contributed by atoms with van der Waals surface area (Å²) in [5, 5.41) is 0. The summed E-state index contributed by atoms with van der Waals surface area (Å²) in [5.74, 6) is 0. The molecule has 3 heteroatoms. The molecule has 1 radical (unpaired) electrons. The van der Waals surface area contributed by atoms with Gasteiger partial charge in [-0.1, -0.05) is 18.2 Å². The lowest BCUT2D eigenvalue weighted by molar-refractivity contribution is 0.0141. The van der Waals surface area contributed by atoms with Crippen molar-refractivity contribution in [1.29, 1.82) is 0 Å². The van der Waals surface area contributed by atoms with Crippen molar-refractivity contribution in [1.82, 2.24) is 4.90 Å². The predicted molar refractivity (Wildman–Crippen MR) is 76.7 cm³/mol. The summed E-state index contributed by atoms with van der Waals surface area (Å²) in [7, 11) is 0. The number of ether oxygens (including phenoxy) is 1. The van der Waals surface area contributed by atoms with Crippen LogP contribution in [0.3, 0.4) is 0 Å². The Morgan fingerprint density at radius 1 is 1.37 bits per heavy atom. The van der Waals surface area contributed by atoms with E-state index >= 15 is 0 Å².